The second-order valence-electron chi connectivity index (χ2n) is 5.92. The van der Waals surface area contributed by atoms with Crippen LogP contribution >= 0.6 is 0 Å². The lowest BCUT2D eigenvalue weighted by molar-refractivity contribution is -0.148. The van der Waals surface area contributed by atoms with E-state index in [1.807, 2.05) is 0 Å². The zero-order valence-electron chi connectivity index (χ0n) is 11.4. The number of nitrogens with one attached hydrogen (secondary N) is 2. The van der Waals surface area contributed by atoms with Gasteiger partial charge in [-0.1, -0.05) is 13.3 Å². The number of carboxylic acid groups (broad SMARTS) is 1. The lowest BCUT2D eigenvalue weighted by Crippen LogP contribution is -2.54. The molecule has 1 saturated carbocycles. The van der Waals surface area contributed by atoms with Crippen molar-refractivity contribution in [1.29, 1.82) is 0 Å². The highest BCUT2D eigenvalue weighted by Gasteiger charge is 2.47. The lowest BCUT2D eigenvalue weighted by atomic mass is 9.85. The van der Waals surface area contributed by atoms with Crippen LogP contribution in [0, 0.1) is 11.3 Å². The first kappa shape index (κ1) is 14.1. The Morgan fingerprint density at radius 1 is 1.32 bits per heavy atom. The lowest BCUT2D eigenvalue weighted by Gasteiger charge is -2.27. The van der Waals surface area contributed by atoms with E-state index in [-0.39, 0.29) is 25.3 Å². The molecule has 0 aromatic carbocycles. The Balaban J connectivity index is 1.90. The van der Waals surface area contributed by atoms with Gasteiger partial charge in [-0.05, 0) is 25.7 Å². The fourth-order valence-electron chi connectivity index (χ4n) is 2.81. The molecule has 2 amide bonds. The molecule has 1 saturated heterocycles. The van der Waals surface area contributed by atoms with E-state index in [0.717, 1.165) is 19.3 Å². The Labute approximate surface area is 112 Å². The number of carbonyl (C=O) groups excluding carboxylic acids is 1. The van der Waals surface area contributed by atoms with Gasteiger partial charge in [0.05, 0.1) is 19.3 Å². The molecular weight excluding hydrogens is 248 g/mol. The highest BCUT2D eigenvalue weighted by Crippen LogP contribution is 2.29. The maximum absolute atomic E-state index is 11.9. The van der Waals surface area contributed by atoms with Crippen LogP contribution in [0.4, 0.5) is 4.79 Å². The van der Waals surface area contributed by atoms with Crippen molar-refractivity contribution >= 4 is 12.0 Å². The van der Waals surface area contributed by atoms with Crippen molar-refractivity contribution in [2.45, 2.75) is 45.2 Å². The van der Waals surface area contributed by atoms with Crippen molar-refractivity contribution in [2.75, 3.05) is 13.2 Å². The summed E-state index contributed by atoms with van der Waals surface area (Å²) in [5.41, 5.74) is -1.04. The molecule has 2 fully saturated rings. The predicted molar refractivity (Wildman–Crippen MR) is 68.8 cm³/mol. The molecule has 4 unspecified atom stereocenters. The third-order valence-electron chi connectivity index (χ3n) is 4.43. The van der Waals surface area contributed by atoms with Crippen molar-refractivity contribution in [3.63, 3.8) is 0 Å². The van der Waals surface area contributed by atoms with E-state index in [2.05, 4.69) is 17.6 Å². The van der Waals surface area contributed by atoms with Crippen molar-refractivity contribution in [2.24, 2.45) is 11.3 Å². The first-order valence-corrected chi connectivity index (χ1v) is 6.81. The minimum absolute atomic E-state index is 0.132. The number of carbonyl (C=O) groups is 2. The largest absolute Gasteiger partial charge is 0.481 e. The fraction of sp³-hybridized carbons (Fsp3) is 0.846. The van der Waals surface area contributed by atoms with E-state index in [4.69, 9.17) is 4.74 Å². The molecule has 1 aliphatic carbocycles. The normalized spacial score (nSPS) is 38.1. The van der Waals surface area contributed by atoms with Gasteiger partial charge in [0.2, 0.25) is 0 Å². The number of hydrogen-bond donors (Lipinski definition) is 3. The van der Waals surface area contributed by atoms with Crippen molar-refractivity contribution in [3.8, 4) is 0 Å². The van der Waals surface area contributed by atoms with E-state index in [1.165, 1.54) is 0 Å². The van der Waals surface area contributed by atoms with Crippen LogP contribution in [0.1, 0.15) is 33.1 Å². The number of hydrogen-bond acceptors (Lipinski definition) is 3. The molecule has 0 aromatic rings. The third-order valence-corrected chi connectivity index (χ3v) is 4.43. The molecule has 19 heavy (non-hydrogen) atoms. The van der Waals surface area contributed by atoms with Crippen molar-refractivity contribution in [1.82, 2.24) is 10.6 Å². The summed E-state index contributed by atoms with van der Waals surface area (Å²) in [4.78, 5) is 23.2. The molecule has 108 valence electrons. The standard InChI is InChI=1S/C13H22N2O4/c1-8-4-3-5-9(8)14-12(18)15-10-6-19-7-13(10,2)11(16)17/h8-10H,3-7H2,1-2H3,(H,16,17)(H2,14,15,18). The minimum Gasteiger partial charge on any atom is -0.481 e. The molecule has 1 heterocycles. The Kier molecular flexibility index (Phi) is 3.99. The molecule has 1 aliphatic heterocycles. The van der Waals surface area contributed by atoms with Crippen molar-refractivity contribution in [3.05, 3.63) is 0 Å². The SMILES string of the molecule is CC1CCCC1NC(=O)NC1COCC1(C)C(=O)O. The van der Waals surface area contributed by atoms with Crippen LogP contribution in [-0.2, 0) is 9.53 Å². The van der Waals surface area contributed by atoms with Gasteiger partial charge in [-0.2, -0.15) is 0 Å². The Morgan fingerprint density at radius 3 is 2.63 bits per heavy atom. The molecule has 6 nitrogen and oxygen atoms in total. The van der Waals surface area contributed by atoms with Gasteiger partial charge in [0, 0.05) is 6.04 Å². The maximum atomic E-state index is 11.9. The average Bonchev–Trinajstić information content (AvgIpc) is 2.88. The molecular formula is C13H22N2O4. The molecule has 0 aromatic heterocycles. The Bertz CT molecular complexity index is 374. The summed E-state index contributed by atoms with van der Waals surface area (Å²) in [6, 6.07) is -0.582. The summed E-state index contributed by atoms with van der Waals surface area (Å²) in [6.07, 6.45) is 3.25. The van der Waals surface area contributed by atoms with Gasteiger partial charge in [-0.3, -0.25) is 4.79 Å². The second kappa shape index (κ2) is 5.36. The monoisotopic (exact) mass is 270 g/mol. The van der Waals surface area contributed by atoms with E-state index in [9.17, 15) is 14.7 Å². The summed E-state index contributed by atoms with van der Waals surface area (Å²) in [6.45, 7) is 4.10. The highest BCUT2D eigenvalue weighted by molar-refractivity contribution is 5.79. The molecule has 0 radical (unpaired) electrons. The van der Waals surface area contributed by atoms with Crippen LogP contribution in [-0.4, -0.2) is 42.4 Å². The Hall–Kier alpha value is -1.30. The van der Waals surface area contributed by atoms with E-state index in [0.29, 0.717) is 5.92 Å². The predicted octanol–water partition coefficient (Wildman–Crippen LogP) is 0.964. The number of ether oxygens (including phenoxy) is 1. The topological polar surface area (TPSA) is 87.7 Å². The van der Waals surface area contributed by atoms with Crippen LogP contribution in [0.3, 0.4) is 0 Å². The first-order chi connectivity index (χ1) is 8.93. The van der Waals surface area contributed by atoms with Gasteiger partial charge in [0.1, 0.15) is 5.41 Å². The van der Waals surface area contributed by atoms with Gasteiger partial charge in [-0.25, -0.2) is 4.79 Å². The number of urea groups is 1. The number of amides is 2. The van der Waals surface area contributed by atoms with Gasteiger partial charge in [0.15, 0.2) is 0 Å². The third kappa shape index (κ3) is 2.83. The quantitative estimate of drug-likeness (QED) is 0.713. The smallest absolute Gasteiger partial charge is 0.315 e. The number of rotatable bonds is 3. The van der Waals surface area contributed by atoms with Crippen LogP contribution in [0.2, 0.25) is 0 Å². The van der Waals surface area contributed by atoms with Crippen LogP contribution in [0.5, 0.6) is 0 Å². The van der Waals surface area contributed by atoms with E-state index < -0.39 is 17.4 Å². The molecule has 0 spiro atoms. The summed E-state index contributed by atoms with van der Waals surface area (Å²) in [5, 5.41) is 14.9. The average molecular weight is 270 g/mol. The molecule has 2 rings (SSSR count). The van der Waals surface area contributed by atoms with Gasteiger partial charge in [-0.15, -0.1) is 0 Å². The highest BCUT2D eigenvalue weighted by atomic mass is 16.5. The second-order valence-corrected chi connectivity index (χ2v) is 5.92. The molecule has 0 bridgehead atoms. The summed E-state index contributed by atoms with van der Waals surface area (Å²) in [5.74, 6) is -0.457. The first-order valence-electron chi connectivity index (χ1n) is 6.81. The molecule has 4 atom stereocenters. The van der Waals surface area contributed by atoms with Gasteiger partial charge in [0.25, 0.3) is 0 Å². The summed E-state index contributed by atoms with van der Waals surface area (Å²) in [7, 11) is 0. The number of carboxylic acids is 1. The van der Waals surface area contributed by atoms with Crippen molar-refractivity contribution < 1.29 is 19.4 Å². The van der Waals surface area contributed by atoms with E-state index in [1.54, 1.807) is 6.92 Å². The van der Waals surface area contributed by atoms with Gasteiger partial charge < -0.3 is 20.5 Å². The summed E-state index contributed by atoms with van der Waals surface area (Å²) < 4.78 is 5.20. The van der Waals surface area contributed by atoms with Crippen LogP contribution in [0.15, 0.2) is 0 Å². The zero-order valence-corrected chi connectivity index (χ0v) is 11.4. The molecule has 2 aliphatic rings. The number of aliphatic carboxylic acids is 1. The Morgan fingerprint density at radius 2 is 2.05 bits per heavy atom. The molecule has 6 heteroatoms. The molecule has 3 N–H and O–H groups in total. The zero-order chi connectivity index (χ0) is 14.0. The summed E-state index contributed by atoms with van der Waals surface area (Å²) >= 11 is 0. The fourth-order valence-corrected chi connectivity index (χ4v) is 2.81. The maximum Gasteiger partial charge on any atom is 0.315 e. The van der Waals surface area contributed by atoms with Gasteiger partial charge >= 0.3 is 12.0 Å². The minimum atomic E-state index is -1.04. The van der Waals surface area contributed by atoms with Crippen LogP contribution in [0.25, 0.3) is 0 Å². The van der Waals surface area contributed by atoms with Crippen LogP contribution < -0.4 is 10.6 Å². The van der Waals surface area contributed by atoms with E-state index >= 15 is 0 Å².